The molecular formula is C18H15BrN2O2. The van der Waals surface area contributed by atoms with E-state index in [-0.39, 0.29) is 18.0 Å². The molecular weight excluding hydrogens is 356 g/mol. The summed E-state index contributed by atoms with van der Waals surface area (Å²) in [6.07, 6.45) is 0. The van der Waals surface area contributed by atoms with Crippen LogP contribution < -0.4 is 10.9 Å². The smallest absolute Gasteiger partial charge is 0.253 e. The molecule has 3 aromatic rings. The first-order valence-corrected chi connectivity index (χ1v) is 7.99. The summed E-state index contributed by atoms with van der Waals surface area (Å²) in [5, 5.41) is 3.74. The normalized spacial score (nSPS) is 10.7. The Morgan fingerprint density at radius 3 is 2.65 bits per heavy atom. The Kier molecular flexibility index (Phi) is 4.30. The SMILES string of the molecule is Cc1cccc2cc(CNC(=O)c3ccc(Br)cc3)c(=O)[nH]c12. The van der Waals surface area contributed by atoms with Crippen molar-refractivity contribution in [3.63, 3.8) is 0 Å². The summed E-state index contributed by atoms with van der Waals surface area (Å²) in [7, 11) is 0. The van der Waals surface area contributed by atoms with Crippen LogP contribution >= 0.6 is 15.9 Å². The third kappa shape index (κ3) is 3.35. The van der Waals surface area contributed by atoms with Gasteiger partial charge in [-0.15, -0.1) is 0 Å². The second kappa shape index (κ2) is 6.38. The molecule has 0 aliphatic carbocycles. The Hall–Kier alpha value is -2.40. The van der Waals surface area contributed by atoms with Crippen molar-refractivity contribution in [2.75, 3.05) is 0 Å². The summed E-state index contributed by atoms with van der Waals surface area (Å²) in [5.41, 5.74) is 2.77. The zero-order valence-corrected chi connectivity index (χ0v) is 14.1. The van der Waals surface area contributed by atoms with Crippen LogP contribution in [-0.4, -0.2) is 10.9 Å². The molecule has 0 saturated heterocycles. The number of amides is 1. The number of H-pyrrole nitrogens is 1. The molecule has 1 amide bonds. The van der Waals surface area contributed by atoms with Gasteiger partial charge in [0, 0.05) is 22.1 Å². The number of pyridine rings is 1. The van der Waals surface area contributed by atoms with Gasteiger partial charge in [0.2, 0.25) is 0 Å². The quantitative estimate of drug-likeness (QED) is 0.740. The van der Waals surface area contributed by atoms with Crippen LogP contribution in [0.25, 0.3) is 10.9 Å². The lowest BCUT2D eigenvalue weighted by Gasteiger charge is -2.07. The maximum absolute atomic E-state index is 12.2. The van der Waals surface area contributed by atoms with E-state index >= 15 is 0 Å². The van der Waals surface area contributed by atoms with Gasteiger partial charge in [-0.1, -0.05) is 34.1 Å². The van der Waals surface area contributed by atoms with Crippen LogP contribution in [-0.2, 0) is 6.54 Å². The Labute approximate surface area is 141 Å². The molecule has 3 rings (SSSR count). The molecule has 0 saturated carbocycles. The van der Waals surface area contributed by atoms with Crippen molar-refractivity contribution < 1.29 is 4.79 Å². The first-order valence-electron chi connectivity index (χ1n) is 7.20. The summed E-state index contributed by atoms with van der Waals surface area (Å²) in [5.74, 6) is -0.207. The fraction of sp³-hybridized carbons (Fsp3) is 0.111. The highest BCUT2D eigenvalue weighted by Crippen LogP contribution is 2.15. The number of hydrogen-bond donors (Lipinski definition) is 2. The third-order valence-electron chi connectivity index (χ3n) is 3.71. The Morgan fingerprint density at radius 2 is 1.91 bits per heavy atom. The highest BCUT2D eigenvalue weighted by Gasteiger charge is 2.08. The van der Waals surface area contributed by atoms with Crippen LogP contribution in [0.4, 0.5) is 0 Å². The van der Waals surface area contributed by atoms with Crippen LogP contribution in [0, 0.1) is 6.92 Å². The summed E-state index contributed by atoms with van der Waals surface area (Å²) >= 11 is 3.33. The van der Waals surface area contributed by atoms with E-state index in [2.05, 4.69) is 26.2 Å². The third-order valence-corrected chi connectivity index (χ3v) is 4.24. The molecule has 116 valence electrons. The van der Waals surface area contributed by atoms with Gasteiger partial charge in [-0.2, -0.15) is 0 Å². The standard InChI is InChI=1S/C18H15BrN2O2/c1-11-3-2-4-13-9-14(18(23)21-16(11)13)10-20-17(22)12-5-7-15(19)8-6-12/h2-9H,10H2,1H3,(H,20,22)(H,21,23). The number of aromatic nitrogens is 1. The lowest BCUT2D eigenvalue weighted by Crippen LogP contribution is -2.26. The van der Waals surface area contributed by atoms with Crippen molar-refractivity contribution in [2.45, 2.75) is 13.5 Å². The molecule has 4 nitrogen and oxygen atoms in total. The molecule has 0 radical (unpaired) electrons. The number of nitrogens with one attached hydrogen (secondary N) is 2. The van der Waals surface area contributed by atoms with Crippen LogP contribution in [0.5, 0.6) is 0 Å². The number of benzene rings is 2. The predicted molar refractivity (Wildman–Crippen MR) is 94.6 cm³/mol. The van der Waals surface area contributed by atoms with E-state index in [4.69, 9.17) is 0 Å². The van der Waals surface area contributed by atoms with E-state index in [1.165, 1.54) is 0 Å². The number of rotatable bonds is 3. The van der Waals surface area contributed by atoms with Crippen molar-refractivity contribution in [2.24, 2.45) is 0 Å². The molecule has 0 unspecified atom stereocenters. The van der Waals surface area contributed by atoms with Crippen molar-refractivity contribution in [1.82, 2.24) is 10.3 Å². The molecule has 0 fully saturated rings. The van der Waals surface area contributed by atoms with Gasteiger partial charge in [-0.05, 0) is 48.2 Å². The number of aryl methyl sites for hydroxylation is 1. The Bertz CT molecular complexity index is 930. The minimum atomic E-state index is -0.207. The van der Waals surface area contributed by atoms with Crippen LogP contribution in [0.1, 0.15) is 21.5 Å². The van der Waals surface area contributed by atoms with E-state index in [0.717, 1.165) is 20.9 Å². The number of carbonyl (C=O) groups is 1. The summed E-state index contributed by atoms with van der Waals surface area (Å²) in [6, 6.07) is 14.7. The molecule has 2 N–H and O–H groups in total. The predicted octanol–water partition coefficient (Wildman–Crippen LogP) is 3.53. The van der Waals surface area contributed by atoms with Gasteiger partial charge in [0.05, 0.1) is 5.52 Å². The first-order chi connectivity index (χ1) is 11.0. The average Bonchev–Trinajstić information content (AvgIpc) is 2.54. The van der Waals surface area contributed by atoms with Gasteiger partial charge in [0.1, 0.15) is 0 Å². The van der Waals surface area contributed by atoms with Crippen molar-refractivity contribution in [3.8, 4) is 0 Å². The van der Waals surface area contributed by atoms with E-state index in [1.807, 2.05) is 31.2 Å². The van der Waals surface area contributed by atoms with Crippen LogP contribution in [0.2, 0.25) is 0 Å². The van der Waals surface area contributed by atoms with Crippen molar-refractivity contribution >= 4 is 32.7 Å². The molecule has 1 heterocycles. The number of halogens is 1. The minimum absolute atomic E-state index is 0.178. The highest BCUT2D eigenvalue weighted by atomic mass is 79.9. The highest BCUT2D eigenvalue weighted by molar-refractivity contribution is 9.10. The van der Waals surface area contributed by atoms with Gasteiger partial charge in [-0.3, -0.25) is 9.59 Å². The first kappa shape index (κ1) is 15.5. The van der Waals surface area contributed by atoms with Gasteiger partial charge >= 0.3 is 0 Å². The van der Waals surface area contributed by atoms with E-state index in [1.54, 1.807) is 24.3 Å². The molecule has 5 heteroatoms. The largest absolute Gasteiger partial charge is 0.348 e. The summed E-state index contributed by atoms with van der Waals surface area (Å²) < 4.78 is 0.912. The van der Waals surface area contributed by atoms with Crippen molar-refractivity contribution in [3.05, 3.63) is 80.0 Å². The molecule has 0 spiro atoms. The molecule has 0 bridgehead atoms. The van der Waals surface area contributed by atoms with Crippen LogP contribution in [0.3, 0.4) is 0 Å². The molecule has 2 aromatic carbocycles. The molecule has 1 aromatic heterocycles. The maximum atomic E-state index is 12.2. The molecule has 0 aliphatic rings. The number of fused-ring (bicyclic) bond motifs is 1. The number of aromatic amines is 1. The summed E-state index contributed by atoms with van der Waals surface area (Å²) in [4.78, 5) is 27.2. The molecule has 0 atom stereocenters. The lowest BCUT2D eigenvalue weighted by atomic mass is 10.1. The van der Waals surface area contributed by atoms with Gasteiger partial charge in [0.25, 0.3) is 11.5 Å². The van der Waals surface area contributed by atoms with E-state index in [0.29, 0.717) is 11.1 Å². The monoisotopic (exact) mass is 370 g/mol. The van der Waals surface area contributed by atoms with E-state index in [9.17, 15) is 9.59 Å². The number of carbonyl (C=O) groups excluding carboxylic acids is 1. The minimum Gasteiger partial charge on any atom is -0.348 e. The zero-order chi connectivity index (χ0) is 16.4. The Morgan fingerprint density at radius 1 is 1.17 bits per heavy atom. The number of para-hydroxylation sites is 1. The number of hydrogen-bond acceptors (Lipinski definition) is 2. The fourth-order valence-corrected chi connectivity index (χ4v) is 2.70. The summed E-state index contributed by atoms with van der Waals surface area (Å²) in [6.45, 7) is 2.14. The molecule has 23 heavy (non-hydrogen) atoms. The maximum Gasteiger partial charge on any atom is 0.253 e. The van der Waals surface area contributed by atoms with Gasteiger partial charge in [-0.25, -0.2) is 0 Å². The van der Waals surface area contributed by atoms with Gasteiger partial charge < -0.3 is 10.3 Å². The average molecular weight is 371 g/mol. The molecule has 0 aliphatic heterocycles. The Balaban J connectivity index is 1.82. The second-order valence-corrected chi connectivity index (χ2v) is 6.27. The second-order valence-electron chi connectivity index (χ2n) is 5.35. The zero-order valence-electron chi connectivity index (χ0n) is 12.5. The van der Waals surface area contributed by atoms with Crippen LogP contribution in [0.15, 0.2) is 57.8 Å². The topological polar surface area (TPSA) is 62.0 Å². The lowest BCUT2D eigenvalue weighted by molar-refractivity contribution is 0.0951. The van der Waals surface area contributed by atoms with E-state index < -0.39 is 0 Å². The van der Waals surface area contributed by atoms with Crippen molar-refractivity contribution in [1.29, 1.82) is 0 Å². The van der Waals surface area contributed by atoms with Gasteiger partial charge in [0.15, 0.2) is 0 Å². The fourth-order valence-electron chi connectivity index (χ4n) is 2.44.